The van der Waals surface area contributed by atoms with E-state index in [2.05, 4.69) is 10.6 Å². The number of nitrogens with one attached hydrogen (secondary N) is 2. The van der Waals surface area contributed by atoms with Gasteiger partial charge in [-0.1, -0.05) is 76.7 Å². The molecule has 1 atom stereocenters. The second-order valence-electron chi connectivity index (χ2n) is 10.4. The van der Waals surface area contributed by atoms with E-state index < -0.39 is 12.0 Å². The minimum atomic E-state index is -0.687. The van der Waals surface area contributed by atoms with Crippen LogP contribution in [0, 0.1) is 0 Å². The molecule has 1 aromatic rings. The fourth-order valence-corrected chi connectivity index (χ4v) is 5.32. The summed E-state index contributed by atoms with van der Waals surface area (Å²) in [5, 5.41) is 14.5. The maximum atomic E-state index is 12.9. The average Bonchev–Trinajstić information content (AvgIpc) is 3.20. The number of unbranched alkanes of at least 4 members (excludes halogenated alkanes) is 12. The molecule has 0 saturated carbocycles. The summed E-state index contributed by atoms with van der Waals surface area (Å²) in [5.74, 6) is -1.47. The highest BCUT2D eigenvalue weighted by Gasteiger charge is 2.39. The number of rotatable bonds is 18. The standard InChI is InChI=1S/C29H43N3O5/c33-26-19-18-25(28(36)31-26)32-21-23-22(29(32)37)15-14-16-24(23)30-20-13-11-9-7-5-3-1-2-4-6-8-10-12-17-27(34)35/h14-16,25,30H,1-13,17-21H2,(H,34,35)(H,31,33,36). The largest absolute Gasteiger partial charge is 0.481 e. The zero-order chi connectivity index (χ0) is 26.5. The molecule has 2 aliphatic rings. The van der Waals surface area contributed by atoms with E-state index in [-0.39, 0.29) is 24.1 Å². The highest BCUT2D eigenvalue weighted by molar-refractivity contribution is 6.06. The number of hydrogen-bond acceptors (Lipinski definition) is 5. The van der Waals surface area contributed by atoms with Crippen LogP contribution in [0.2, 0.25) is 0 Å². The predicted octanol–water partition coefficient (Wildman–Crippen LogP) is 5.41. The van der Waals surface area contributed by atoms with Gasteiger partial charge >= 0.3 is 5.97 Å². The van der Waals surface area contributed by atoms with Crippen LogP contribution in [0.1, 0.15) is 119 Å². The van der Waals surface area contributed by atoms with Crippen LogP contribution < -0.4 is 10.6 Å². The van der Waals surface area contributed by atoms with Gasteiger partial charge in [0.2, 0.25) is 11.8 Å². The van der Waals surface area contributed by atoms with Crippen LogP contribution in [-0.2, 0) is 20.9 Å². The highest BCUT2D eigenvalue weighted by Crippen LogP contribution is 2.32. The summed E-state index contributed by atoms with van der Waals surface area (Å²) in [6, 6.07) is 5.11. The van der Waals surface area contributed by atoms with Gasteiger partial charge in [0.15, 0.2) is 0 Å². The molecule has 1 unspecified atom stereocenters. The molecule has 1 aromatic carbocycles. The molecule has 3 rings (SSSR count). The number of hydrogen-bond donors (Lipinski definition) is 3. The third kappa shape index (κ3) is 9.17. The van der Waals surface area contributed by atoms with Gasteiger partial charge in [0.05, 0.1) is 0 Å². The van der Waals surface area contributed by atoms with E-state index in [0.717, 1.165) is 43.5 Å². The Morgan fingerprint density at radius 2 is 1.49 bits per heavy atom. The monoisotopic (exact) mass is 513 g/mol. The van der Waals surface area contributed by atoms with Gasteiger partial charge in [-0.15, -0.1) is 0 Å². The van der Waals surface area contributed by atoms with Crippen molar-refractivity contribution in [2.24, 2.45) is 0 Å². The summed E-state index contributed by atoms with van der Waals surface area (Å²) in [6.07, 6.45) is 16.4. The van der Waals surface area contributed by atoms with Crippen LogP contribution >= 0.6 is 0 Å². The molecule has 37 heavy (non-hydrogen) atoms. The first-order valence-electron chi connectivity index (χ1n) is 14.2. The summed E-state index contributed by atoms with van der Waals surface area (Å²) in [7, 11) is 0. The average molecular weight is 514 g/mol. The van der Waals surface area contributed by atoms with Crippen LogP contribution in [0.4, 0.5) is 5.69 Å². The van der Waals surface area contributed by atoms with Gasteiger partial charge in [-0.25, -0.2) is 0 Å². The summed E-state index contributed by atoms with van der Waals surface area (Å²) in [5.41, 5.74) is 2.55. The number of piperidine rings is 1. The molecule has 2 aliphatic heterocycles. The Kier molecular flexibility index (Phi) is 11.9. The fraction of sp³-hybridized carbons (Fsp3) is 0.655. The number of amides is 3. The number of benzene rings is 1. The van der Waals surface area contributed by atoms with Gasteiger partial charge in [-0.2, -0.15) is 0 Å². The molecule has 1 saturated heterocycles. The summed E-state index contributed by atoms with van der Waals surface area (Å²) in [4.78, 5) is 48.7. The second-order valence-corrected chi connectivity index (χ2v) is 10.4. The Balaban J connectivity index is 1.23. The van der Waals surface area contributed by atoms with E-state index >= 15 is 0 Å². The van der Waals surface area contributed by atoms with Gasteiger partial charge < -0.3 is 15.3 Å². The third-order valence-corrected chi connectivity index (χ3v) is 7.46. The Morgan fingerprint density at radius 3 is 2.08 bits per heavy atom. The molecule has 0 aromatic heterocycles. The first kappa shape index (κ1) is 28.7. The lowest BCUT2D eigenvalue weighted by molar-refractivity contribution is -0.138. The molecule has 0 radical (unpaired) electrons. The lowest BCUT2D eigenvalue weighted by Gasteiger charge is -2.29. The van der Waals surface area contributed by atoms with Crippen molar-refractivity contribution in [1.82, 2.24) is 10.2 Å². The van der Waals surface area contributed by atoms with Crippen molar-refractivity contribution in [3.63, 3.8) is 0 Å². The van der Waals surface area contributed by atoms with Gasteiger partial charge in [0.1, 0.15) is 6.04 Å². The SMILES string of the molecule is O=C(O)CCCCCCCCCCCCCCCNc1cccc2c1CN(C1CCC(=O)NC1=O)C2=O. The van der Waals surface area contributed by atoms with Crippen molar-refractivity contribution in [2.75, 3.05) is 11.9 Å². The van der Waals surface area contributed by atoms with Crippen molar-refractivity contribution in [3.05, 3.63) is 29.3 Å². The molecule has 0 spiro atoms. The molecule has 2 heterocycles. The molecule has 3 amide bonds. The van der Waals surface area contributed by atoms with Crippen LogP contribution in [0.5, 0.6) is 0 Å². The Morgan fingerprint density at radius 1 is 0.892 bits per heavy atom. The molecule has 8 heteroatoms. The van der Waals surface area contributed by atoms with E-state index in [4.69, 9.17) is 5.11 Å². The number of imide groups is 1. The third-order valence-electron chi connectivity index (χ3n) is 7.46. The molecule has 204 valence electrons. The number of aliphatic carboxylic acids is 1. The summed E-state index contributed by atoms with van der Waals surface area (Å²) in [6.45, 7) is 1.25. The minimum absolute atomic E-state index is 0.135. The second kappa shape index (κ2) is 15.4. The van der Waals surface area contributed by atoms with Gasteiger partial charge in [0.25, 0.3) is 5.91 Å². The lowest BCUT2D eigenvalue weighted by atomic mass is 10.0. The van der Waals surface area contributed by atoms with Crippen LogP contribution in [0.15, 0.2) is 18.2 Å². The van der Waals surface area contributed by atoms with E-state index in [1.807, 2.05) is 18.2 Å². The van der Waals surface area contributed by atoms with Gasteiger partial charge in [0, 0.05) is 42.7 Å². The number of anilines is 1. The van der Waals surface area contributed by atoms with Gasteiger partial charge in [-0.05, 0) is 31.4 Å². The smallest absolute Gasteiger partial charge is 0.303 e. The number of carboxylic acids is 1. The molecular formula is C29H43N3O5. The molecule has 3 N–H and O–H groups in total. The van der Waals surface area contributed by atoms with E-state index in [0.29, 0.717) is 24.9 Å². The Hall–Kier alpha value is -2.90. The van der Waals surface area contributed by atoms with Crippen molar-refractivity contribution >= 4 is 29.4 Å². The molecule has 8 nitrogen and oxygen atoms in total. The normalized spacial score (nSPS) is 17.1. The molecule has 1 fully saturated rings. The predicted molar refractivity (Wildman–Crippen MR) is 143 cm³/mol. The number of fused-ring (bicyclic) bond motifs is 1. The van der Waals surface area contributed by atoms with E-state index in [9.17, 15) is 19.2 Å². The number of carboxylic acid groups (broad SMARTS) is 1. The topological polar surface area (TPSA) is 116 Å². The zero-order valence-electron chi connectivity index (χ0n) is 22.1. The Labute approximate surface area is 220 Å². The summed E-state index contributed by atoms with van der Waals surface area (Å²) < 4.78 is 0. The number of carbonyl (C=O) groups is 4. The van der Waals surface area contributed by atoms with Crippen LogP contribution in [0.25, 0.3) is 0 Å². The maximum absolute atomic E-state index is 12.9. The minimum Gasteiger partial charge on any atom is -0.481 e. The zero-order valence-corrected chi connectivity index (χ0v) is 22.1. The quantitative estimate of drug-likeness (QED) is 0.179. The lowest BCUT2D eigenvalue weighted by Crippen LogP contribution is -2.52. The summed E-state index contributed by atoms with van der Waals surface area (Å²) >= 11 is 0. The number of carbonyl (C=O) groups excluding carboxylic acids is 3. The molecule has 0 aliphatic carbocycles. The van der Waals surface area contributed by atoms with Crippen molar-refractivity contribution in [3.8, 4) is 0 Å². The van der Waals surface area contributed by atoms with Crippen LogP contribution in [0.3, 0.4) is 0 Å². The van der Waals surface area contributed by atoms with Gasteiger partial charge in [-0.3, -0.25) is 24.5 Å². The van der Waals surface area contributed by atoms with E-state index in [1.165, 1.54) is 57.8 Å². The maximum Gasteiger partial charge on any atom is 0.303 e. The van der Waals surface area contributed by atoms with Crippen molar-refractivity contribution < 1.29 is 24.3 Å². The first-order chi connectivity index (χ1) is 18.0. The molecule has 0 bridgehead atoms. The van der Waals surface area contributed by atoms with E-state index in [1.54, 1.807) is 4.90 Å². The van der Waals surface area contributed by atoms with Crippen LogP contribution in [-0.4, -0.2) is 46.3 Å². The van der Waals surface area contributed by atoms with Crippen molar-refractivity contribution in [2.45, 2.75) is 115 Å². The van der Waals surface area contributed by atoms with Crippen molar-refractivity contribution in [1.29, 1.82) is 0 Å². The highest BCUT2D eigenvalue weighted by atomic mass is 16.4. The fourth-order valence-electron chi connectivity index (χ4n) is 5.32. The molecular weight excluding hydrogens is 470 g/mol. The number of nitrogens with zero attached hydrogens (tertiary/aromatic N) is 1. The Bertz CT molecular complexity index is 932. The first-order valence-corrected chi connectivity index (χ1v) is 14.2.